The average molecular weight is 291 g/mol. The van der Waals surface area contributed by atoms with Crippen molar-refractivity contribution >= 4 is 17.7 Å². The van der Waals surface area contributed by atoms with Crippen molar-refractivity contribution in [1.82, 2.24) is 4.98 Å². The molecule has 0 bridgehead atoms. The van der Waals surface area contributed by atoms with Crippen LogP contribution in [0.1, 0.15) is 31.3 Å². The molecular weight excluding hydrogens is 274 g/mol. The highest BCUT2D eigenvalue weighted by Gasteiger charge is 2.25. The van der Waals surface area contributed by atoms with Crippen LogP contribution in [-0.4, -0.2) is 22.8 Å². The van der Waals surface area contributed by atoms with Gasteiger partial charge in [0, 0.05) is 5.56 Å². The number of carbonyl (C=O) groups is 1. The maximum atomic E-state index is 12.1. The Hall–Kier alpha value is -1.75. The zero-order valence-electron chi connectivity index (χ0n) is 12.0. The van der Waals surface area contributed by atoms with Crippen molar-refractivity contribution in [2.45, 2.75) is 31.5 Å². The monoisotopic (exact) mass is 291 g/mol. The molecule has 0 spiro atoms. The van der Waals surface area contributed by atoms with Gasteiger partial charge in [0.05, 0.1) is 0 Å². The van der Waals surface area contributed by atoms with E-state index in [2.05, 4.69) is 4.98 Å². The Morgan fingerprint density at radius 2 is 1.90 bits per heavy atom. The molecule has 5 heteroatoms. The Labute approximate surface area is 122 Å². The highest BCUT2D eigenvalue weighted by molar-refractivity contribution is 7.98. The minimum atomic E-state index is -0.557. The van der Waals surface area contributed by atoms with Gasteiger partial charge in [-0.15, -0.1) is 0 Å². The van der Waals surface area contributed by atoms with Crippen LogP contribution in [0, 0.1) is 0 Å². The molecular formula is C15H17NO3S. The molecule has 0 fully saturated rings. The van der Waals surface area contributed by atoms with Gasteiger partial charge in [-0.05, 0) is 39.2 Å². The summed E-state index contributed by atoms with van der Waals surface area (Å²) in [5.41, 5.74) is 0.502. The second-order valence-electron chi connectivity index (χ2n) is 5.23. The zero-order chi connectivity index (χ0) is 14.8. The van der Waals surface area contributed by atoms with Gasteiger partial charge in [-0.1, -0.05) is 30.0 Å². The minimum Gasteiger partial charge on any atom is -0.455 e. The molecule has 0 N–H and O–H groups in total. The van der Waals surface area contributed by atoms with Crippen molar-refractivity contribution in [2.24, 2.45) is 0 Å². The fraction of sp³-hybridized carbons (Fsp3) is 0.333. The summed E-state index contributed by atoms with van der Waals surface area (Å²) in [6.45, 7) is 5.46. The summed E-state index contributed by atoms with van der Waals surface area (Å²) in [6, 6.07) is 9.47. The molecule has 106 valence electrons. The quantitative estimate of drug-likeness (QED) is 0.631. The van der Waals surface area contributed by atoms with Crippen molar-refractivity contribution in [3.8, 4) is 11.5 Å². The van der Waals surface area contributed by atoms with E-state index in [0.717, 1.165) is 5.56 Å². The largest absolute Gasteiger partial charge is 0.455 e. The van der Waals surface area contributed by atoms with Gasteiger partial charge in [-0.2, -0.15) is 0 Å². The van der Waals surface area contributed by atoms with Crippen LogP contribution in [0.4, 0.5) is 0 Å². The lowest BCUT2D eigenvalue weighted by Crippen LogP contribution is -2.24. The number of esters is 1. The number of benzene rings is 1. The van der Waals surface area contributed by atoms with Crippen LogP contribution in [0.15, 0.2) is 39.8 Å². The van der Waals surface area contributed by atoms with Crippen LogP contribution in [-0.2, 0) is 4.74 Å². The third-order valence-corrected chi connectivity index (χ3v) is 3.04. The van der Waals surface area contributed by atoms with E-state index in [4.69, 9.17) is 9.15 Å². The van der Waals surface area contributed by atoms with Gasteiger partial charge < -0.3 is 9.15 Å². The Bertz CT molecular complexity index is 599. The summed E-state index contributed by atoms with van der Waals surface area (Å²) in [5.74, 6) is -0.0383. The summed E-state index contributed by atoms with van der Waals surface area (Å²) in [7, 11) is 0. The minimum absolute atomic E-state index is 0.228. The Balaban J connectivity index is 2.35. The molecule has 4 nitrogen and oxygen atoms in total. The van der Waals surface area contributed by atoms with E-state index in [9.17, 15) is 4.79 Å². The molecule has 1 aromatic heterocycles. The molecule has 1 aromatic carbocycles. The zero-order valence-corrected chi connectivity index (χ0v) is 12.8. The summed E-state index contributed by atoms with van der Waals surface area (Å²) in [5, 5.41) is 0.470. The number of rotatable bonds is 3. The van der Waals surface area contributed by atoms with E-state index in [1.54, 1.807) is 0 Å². The Morgan fingerprint density at radius 1 is 1.25 bits per heavy atom. The molecule has 0 saturated carbocycles. The van der Waals surface area contributed by atoms with E-state index < -0.39 is 11.6 Å². The molecule has 2 aromatic rings. The number of hydrogen-bond donors (Lipinski definition) is 0. The van der Waals surface area contributed by atoms with Crippen LogP contribution < -0.4 is 0 Å². The first-order valence-electron chi connectivity index (χ1n) is 6.24. The molecule has 0 amide bonds. The maximum absolute atomic E-state index is 12.1. The predicted octanol–water partition coefficient (Wildman–Crippen LogP) is 4.02. The SMILES string of the molecule is CSc1oc(-c2ccccc2)nc1C(=O)OC(C)(C)C. The normalized spacial score (nSPS) is 11.4. The topological polar surface area (TPSA) is 52.3 Å². The molecule has 20 heavy (non-hydrogen) atoms. The van der Waals surface area contributed by atoms with E-state index in [0.29, 0.717) is 11.0 Å². The molecule has 0 radical (unpaired) electrons. The summed E-state index contributed by atoms with van der Waals surface area (Å²) < 4.78 is 11.0. The van der Waals surface area contributed by atoms with Crippen molar-refractivity contribution in [1.29, 1.82) is 0 Å². The molecule has 0 aliphatic heterocycles. The Kier molecular flexibility index (Phi) is 4.18. The van der Waals surface area contributed by atoms with Gasteiger partial charge in [0.15, 0.2) is 5.09 Å². The molecule has 0 unspecified atom stereocenters. The number of oxazole rings is 1. The second-order valence-corrected chi connectivity index (χ2v) is 6.01. The van der Waals surface area contributed by atoms with Gasteiger partial charge in [0.2, 0.25) is 11.6 Å². The molecule has 0 aliphatic rings. The van der Waals surface area contributed by atoms with Gasteiger partial charge in [0.1, 0.15) is 5.60 Å². The van der Waals surface area contributed by atoms with E-state index in [1.807, 2.05) is 57.4 Å². The predicted molar refractivity (Wildman–Crippen MR) is 78.9 cm³/mol. The number of nitrogens with zero attached hydrogens (tertiary/aromatic N) is 1. The second kappa shape index (κ2) is 5.71. The van der Waals surface area contributed by atoms with E-state index in [1.165, 1.54) is 11.8 Å². The fourth-order valence-electron chi connectivity index (χ4n) is 1.60. The lowest BCUT2D eigenvalue weighted by molar-refractivity contribution is 0.00573. The summed E-state index contributed by atoms with van der Waals surface area (Å²) >= 11 is 1.34. The highest BCUT2D eigenvalue weighted by Crippen LogP contribution is 2.29. The van der Waals surface area contributed by atoms with Crippen LogP contribution in [0.5, 0.6) is 0 Å². The van der Waals surface area contributed by atoms with Crippen molar-refractivity contribution in [3.63, 3.8) is 0 Å². The summed E-state index contributed by atoms with van der Waals surface area (Å²) in [6.07, 6.45) is 1.84. The number of ether oxygens (including phenoxy) is 1. The third-order valence-electron chi connectivity index (χ3n) is 2.39. The maximum Gasteiger partial charge on any atom is 0.362 e. The number of hydrogen-bond acceptors (Lipinski definition) is 5. The Morgan fingerprint density at radius 3 is 2.45 bits per heavy atom. The highest BCUT2D eigenvalue weighted by atomic mass is 32.2. The molecule has 0 atom stereocenters. The fourth-order valence-corrected chi connectivity index (χ4v) is 2.09. The number of carbonyl (C=O) groups excluding carboxylic acids is 1. The summed E-state index contributed by atoms with van der Waals surface area (Å²) in [4.78, 5) is 16.4. The first-order chi connectivity index (χ1) is 9.40. The first-order valence-corrected chi connectivity index (χ1v) is 7.47. The van der Waals surface area contributed by atoms with Crippen molar-refractivity contribution in [3.05, 3.63) is 36.0 Å². The van der Waals surface area contributed by atoms with Crippen molar-refractivity contribution < 1.29 is 13.9 Å². The van der Waals surface area contributed by atoms with Crippen molar-refractivity contribution in [2.75, 3.05) is 6.26 Å². The van der Waals surface area contributed by atoms with Crippen LogP contribution in [0.2, 0.25) is 0 Å². The lowest BCUT2D eigenvalue weighted by Gasteiger charge is -2.18. The smallest absolute Gasteiger partial charge is 0.362 e. The van der Waals surface area contributed by atoms with Gasteiger partial charge >= 0.3 is 5.97 Å². The van der Waals surface area contributed by atoms with Gasteiger partial charge in [0.25, 0.3) is 0 Å². The lowest BCUT2D eigenvalue weighted by atomic mass is 10.2. The first kappa shape index (κ1) is 14.7. The van der Waals surface area contributed by atoms with Gasteiger partial charge in [-0.25, -0.2) is 9.78 Å². The van der Waals surface area contributed by atoms with E-state index >= 15 is 0 Å². The average Bonchev–Trinajstić information content (AvgIpc) is 2.82. The standard InChI is InChI=1S/C15H17NO3S/c1-15(2,3)19-13(17)11-14(20-4)18-12(16-11)10-8-6-5-7-9-10/h5-9H,1-4H3. The van der Waals surface area contributed by atoms with Crippen LogP contribution >= 0.6 is 11.8 Å². The number of aromatic nitrogens is 1. The molecule has 0 aliphatic carbocycles. The van der Waals surface area contributed by atoms with Gasteiger partial charge in [-0.3, -0.25) is 0 Å². The number of thioether (sulfide) groups is 1. The molecule has 2 rings (SSSR count). The third kappa shape index (κ3) is 3.42. The van der Waals surface area contributed by atoms with Crippen LogP contribution in [0.25, 0.3) is 11.5 Å². The van der Waals surface area contributed by atoms with E-state index in [-0.39, 0.29) is 5.69 Å². The molecule has 1 heterocycles. The molecule has 0 saturated heterocycles. The van der Waals surface area contributed by atoms with Crippen LogP contribution in [0.3, 0.4) is 0 Å².